The number of carbonyl (C=O) groups is 2. The maximum Gasteiger partial charge on any atom is 0.313 e. The molecular formula is C16H21FN2O2. The average molecular weight is 292 g/mol. The van der Waals surface area contributed by atoms with Crippen molar-refractivity contribution in [1.29, 1.82) is 0 Å². The van der Waals surface area contributed by atoms with E-state index in [0.717, 1.165) is 25.7 Å². The number of anilines is 1. The summed E-state index contributed by atoms with van der Waals surface area (Å²) in [6.07, 6.45) is 6.35. The first kappa shape index (κ1) is 15.5. The fraction of sp³-hybridized carbons (Fsp3) is 0.500. The molecule has 4 nitrogen and oxygen atoms in total. The molecule has 1 aliphatic rings. The van der Waals surface area contributed by atoms with Crippen molar-refractivity contribution in [2.75, 3.05) is 5.32 Å². The number of carbonyl (C=O) groups excluding carboxylic acids is 2. The van der Waals surface area contributed by atoms with Gasteiger partial charge in [-0.2, -0.15) is 0 Å². The Morgan fingerprint density at radius 1 is 1.10 bits per heavy atom. The molecule has 114 valence electrons. The van der Waals surface area contributed by atoms with Crippen LogP contribution < -0.4 is 10.6 Å². The van der Waals surface area contributed by atoms with Gasteiger partial charge in [0.15, 0.2) is 0 Å². The highest BCUT2D eigenvalue weighted by molar-refractivity contribution is 6.39. The van der Waals surface area contributed by atoms with Crippen LogP contribution in [0.4, 0.5) is 10.1 Å². The summed E-state index contributed by atoms with van der Waals surface area (Å²) in [4.78, 5) is 23.7. The van der Waals surface area contributed by atoms with E-state index in [4.69, 9.17) is 0 Å². The van der Waals surface area contributed by atoms with E-state index in [1.807, 2.05) is 0 Å². The summed E-state index contributed by atoms with van der Waals surface area (Å²) in [5.74, 6) is -1.80. The number of benzene rings is 1. The van der Waals surface area contributed by atoms with E-state index >= 15 is 0 Å². The lowest BCUT2D eigenvalue weighted by Gasteiger charge is -2.15. The fourth-order valence-corrected chi connectivity index (χ4v) is 2.53. The molecule has 1 aromatic carbocycles. The zero-order valence-corrected chi connectivity index (χ0v) is 12.2. The summed E-state index contributed by atoms with van der Waals surface area (Å²) >= 11 is 0. The summed E-state index contributed by atoms with van der Waals surface area (Å²) in [5.41, 5.74) is 0.787. The molecule has 2 N–H and O–H groups in total. The minimum Gasteiger partial charge on any atom is -0.345 e. The Hall–Kier alpha value is -1.91. The largest absolute Gasteiger partial charge is 0.345 e. The Kier molecular flexibility index (Phi) is 5.31. The predicted molar refractivity (Wildman–Crippen MR) is 79.4 cm³/mol. The van der Waals surface area contributed by atoms with E-state index < -0.39 is 17.6 Å². The monoisotopic (exact) mass is 292 g/mol. The second-order valence-electron chi connectivity index (χ2n) is 5.58. The van der Waals surface area contributed by atoms with E-state index in [1.165, 1.54) is 18.9 Å². The minimum absolute atomic E-state index is 0.0699. The Morgan fingerprint density at radius 3 is 2.38 bits per heavy atom. The smallest absolute Gasteiger partial charge is 0.313 e. The number of rotatable bonds is 2. The molecule has 0 bridgehead atoms. The maximum absolute atomic E-state index is 13.4. The molecule has 21 heavy (non-hydrogen) atoms. The zero-order valence-electron chi connectivity index (χ0n) is 12.2. The molecule has 0 unspecified atom stereocenters. The van der Waals surface area contributed by atoms with Crippen LogP contribution in [0.2, 0.25) is 0 Å². The van der Waals surface area contributed by atoms with Crippen LogP contribution in [-0.2, 0) is 9.59 Å². The molecule has 1 aromatic rings. The second kappa shape index (κ2) is 7.20. The highest BCUT2D eigenvalue weighted by Gasteiger charge is 2.19. The maximum atomic E-state index is 13.4. The van der Waals surface area contributed by atoms with Gasteiger partial charge in [-0.15, -0.1) is 0 Å². The highest BCUT2D eigenvalue weighted by atomic mass is 19.1. The first-order valence-electron chi connectivity index (χ1n) is 7.44. The molecule has 0 aromatic heterocycles. The van der Waals surface area contributed by atoms with E-state index in [9.17, 15) is 14.0 Å². The number of hydrogen-bond donors (Lipinski definition) is 2. The van der Waals surface area contributed by atoms with Gasteiger partial charge < -0.3 is 10.6 Å². The summed E-state index contributed by atoms with van der Waals surface area (Å²) in [5, 5.41) is 5.18. The zero-order chi connectivity index (χ0) is 15.2. The molecule has 2 rings (SSSR count). The summed E-state index contributed by atoms with van der Waals surface area (Å²) < 4.78 is 13.4. The van der Waals surface area contributed by atoms with Crippen LogP contribution in [0.5, 0.6) is 0 Å². The Morgan fingerprint density at radius 2 is 1.76 bits per heavy atom. The Bertz CT molecular complexity index is 523. The molecular weight excluding hydrogens is 271 g/mol. The minimum atomic E-state index is -0.748. The third kappa shape index (κ3) is 4.55. The molecule has 0 atom stereocenters. The van der Waals surface area contributed by atoms with Gasteiger partial charge in [-0.3, -0.25) is 9.59 Å². The van der Waals surface area contributed by atoms with Crippen molar-refractivity contribution in [2.45, 2.75) is 51.5 Å². The van der Waals surface area contributed by atoms with Crippen LogP contribution in [0.3, 0.4) is 0 Å². The molecule has 0 spiro atoms. The van der Waals surface area contributed by atoms with Crippen molar-refractivity contribution in [2.24, 2.45) is 0 Å². The van der Waals surface area contributed by atoms with Gasteiger partial charge in [0, 0.05) is 11.7 Å². The number of amides is 2. The quantitative estimate of drug-likeness (QED) is 0.650. The number of aryl methyl sites for hydroxylation is 1. The molecule has 5 heteroatoms. The standard InChI is InChI=1S/C16H21FN2O2/c1-11-8-9-13(10-14(11)17)19-16(21)15(20)18-12-6-4-2-3-5-7-12/h8-10,12H,2-7H2,1H3,(H,18,20)(H,19,21). The van der Waals surface area contributed by atoms with Gasteiger partial charge in [-0.1, -0.05) is 31.7 Å². The van der Waals surface area contributed by atoms with Gasteiger partial charge in [0.2, 0.25) is 0 Å². The van der Waals surface area contributed by atoms with Gasteiger partial charge in [-0.05, 0) is 37.5 Å². The molecule has 1 aliphatic carbocycles. The number of halogens is 1. The van der Waals surface area contributed by atoms with E-state index in [0.29, 0.717) is 11.3 Å². The van der Waals surface area contributed by atoms with Gasteiger partial charge in [-0.25, -0.2) is 4.39 Å². The van der Waals surface area contributed by atoms with Crippen LogP contribution in [0.15, 0.2) is 18.2 Å². The van der Waals surface area contributed by atoms with Crippen molar-refractivity contribution in [3.8, 4) is 0 Å². The van der Waals surface area contributed by atoms with Gasteiger partial charge in [0.25, 0.3) is 0 Å². The van der Waals surface area contributed by atoms with Crippen molar-refractivity contribution < 1.29 is 14.0 Å². The van der Waals surface area contributed by atoms with Gasteiger partial charge in [0.1, 0.15) is 5.82 Å². The molecule has 0 aliphatic heterocycles. The molecule has 0 heterocycles. The van der Waals surface area contributed by atoms with Crippen LogP contribution in [-0.4, -0.2) is 17.9 Å². The third-order valence-corrected chi connectivity index (χ3v) is 3.83. The summed E-state index contributed by atoms with van der Waals surface area (Å²) in [6.45, 7) is 1.64. The van der Waals surface area contributed by atoms with Crippen molar-refractivity contribution in [3.63, 3.8) is 0 Å². The van der Waals surface area contributed by atoms with Gasteiger partial charge >= 0.3 is 11.8 Å². The normalized spacial score (nSPS) is 16.1. The summed E-state index contributed by atoms with van der Waals surface area (Å²) in [7, 11) is 0. The predicted octanol–water partition coefficient (Wildman–Crippen LogP) is 2.91. The van der Waals surface area contributed by atoms with Crippen LogP contribution in [0.25, 0.3) is 0 Å². The van der Waals surface area contributed by atoms with E-state index in [2.05, 4.69) is 10.6 Å². The topological polar surface area (TPSA) is 58.2 Å². The van der Waals surface area contributed by atoms with Crippen molar-refractivity contribution in [1.82, 2.24) is 5.32 Å². The van der Waals surface area contributed by atoms with Gasteiger partial charge in [0.05, 0.1) is 0 Å². The Balaban J connectivity index is 1.89. The van der Waals surface area contributed by atoms with Crippen LogP contribution >= 0.6 is 0 Å². The van der Waals surface area contributed by atoms with Crippen LogP contribution in [0, 0.1) is 12.7 Å². The Labute approximate surface area is 124 Å². The SMILES string of the molecule is Cc1ccc(NC(=O)C(=O)NC2CCCCCC2)cc1F. The number of hydrogen-bond acceptors (Lipinski definition) is 2. The fourth-order valence-electron chi connectivity index (χ4n) is 2.53. The molecule has 0 saturated heterocycles. The third-order valence-electron chi connectivity index (χ3n) is 3.83. The molecule has 2 amide bonds. The summed E-state index contributed by atoms with van der Waals surface area (Å²) in [6, 6.07) is 4.43. The lowest BCUT2D eigenvalue weighted by atomic mass is 10.1. The molecule has 0 radical (unpaired) electrons. The molecule has 1 fully saturated rings. The second-order valence-corrected chi connectivity index (χ2v) is 5.58. The van der Waals surface area contributed by atoms with E-state index in [1.54, 1.807) is 19.1 Å². The lowest BCUT2D eigenvalue weighted by Crippen LogP contribution is -2.41. The molecule has 1 saturated carbocycles. The average Bonchev–Trinajstić information content (AvgIpc) is 2.71. The van der Waals surface area contributed by atoms with Crippen LogP contribution in [0.1, 0.15) is 44.1 Å². The highest BCUT2D eigenvalue weighted by Crippen LogP contribution is 2.17. The van der Waals surface area contributed by atoms with Crippen molar-refractivity contribution >= 4 is 17.5 Å². The first-order chi connectivity index (χ1) is 10.1. The number of nitrogens with one attached hydrogen (secondary N) is 2. The van der Waals surface area contributed by atoms with E-state index in [-0.39, 0.29) is 6.04 Å². The van der Waals surface area contributed by atoms with Crippen molar-refractivity contribution in [3.05, 3.63) is 29.6 Å². The first-order valence-corrected chi connectivity index (χ1v) is 7.44. The lowest BCUT2D eigenvalue weighted by molar-refractivity contribution is -0.136.